The highest BCUT2D eigenvalue weighted by molar-refractivity contribution is 6.03. The van der Waals surface area contributed by atoms with E-state index >= 15 is 0 Å². The largest absolute Gasteiger partial charge is 0.495 e. The van der Waals surface area contributed by atoms with Crippen molar-refractivity contribution in [2.45, 2.75) is 33.4 Å². The number of nitrogens with one attached hydrogen (secondary N) is 1. The van der Waals surface area contributed by atoms with Crippen molar-refractivity contribution in [2.24, 2.45) is 0 Å². The Labute approximate surface area is 172 Å². The van der Waals surface area contributed by atoms with Crippen molar-refractivity contribution in [3.8, 4) is 5.75 Å². The molecule has 5 nitrogen and oxygen atoms in total. The molecule has 29 heavy (non-hydrogen) atoms. The van der Waals surface area contributed by atoms with E-state index in [0.717, 1.165) is 17.8 Å². The Kier molecular flexibility index (Phi) is 6.50. The first-order valence-corrected chi connectivity index (χ1v) is 9.70. The smallest absolute Gasteiger partial charge is 0.274 e. The highest BCUT2D eigenvalue weighted by Crippen LogP contribution is 2.26. The maximum absolute atomic E-state index is 12.7. The van der Waals surface area contributed by atoms with Crippen LogP contribution in [0.2, 0.25) is 0 Å². The highest BCUT2D eigenvalue weighted by atomic mass is 16.5. The minimum Gasteiger partial charge on any atom is -0.495 e. The van der Waals surface area contributed by atoms with E-state index in [4.69, 9.17) is 4.74 Å². The Balaban J connectivity index is 1.76. The second-order valence-electron chi connectivity index (χ2n) is 7.27. The predicted octanol–water partition coefficient (Wildman–Crippen LogP) is 5.07. The number of hydrogen-bond donors (Lipinski definition) is 1. The number of aryl methyl sites for hydroxylation is 1. The number of rotatable bonds is 7. The number of amides is 1. The molecule has 3 aromatic rings. The monoisotopic (exact) mass is 389 g/mol. The third-order valence-electron chi connectivity index (χ3n) is 4.73. The molecule has 1 aromatic heterocycles. The Hall–Kier alpha value is -3.34. The molecule has 0 aliphatic carbocycles. The molecule has 0 aliphatic rings. The molecule has 0 unspecified atom stereocenters. The summed E-state index contributed by atoms with van der Waals surface area (Å²) in [4.78, 5) is 19.3. The summed E-state index contributed by atoms with van der Waals surface area (Å²) in [6, 6.07) is 20.0. The van der Waals surface area contributed by atoms with Crippen molar-refractivity contribution >= 4 is 17.3 Å². The number of anilines is 2. The molecule has 0 aliphatic heterocycles. The van der Waals surface area contributed by atoms with E-state index < -0.39 is 0 Å². The first-order valence-electron chi connectivity index (χ1n) is 9.70. The molecule has 1 heterocycles. The normalized spacial score (nSPS) is 10.7. The van der Waals surface area contributed by atoms with Crippen LogP contribution in [0, 0.1) is 6.92 Å². The summed E-state index contributed by atoms with van der Waals surface area (Å²) < 4.78 is 5.33. The lowest BCUT2D eigenvalue weighted by molar-refractivity contribution is 0.102. The van der Waals surface area contributed by atoms with Gasteiger partial charge < -0.3 is 15.0 Å². The maximum atomic E-state index is 12.7. The van der Waals surface area contributed by atoms with Gasteiger partial charge in [-0.05, 0) is 56.2 Å². The fourth-order valence-corrected chi connectivity index (χ4v) is 3.15. The molecule has 0 bridgehead atoms. The van der Waals surface area contributed by atoms with Crippen LogP contribution in [0.15, 0.2) is 66.9 Å². The second-order valence-corrected chi connectivity index (χ2v) is 7.27. The van der Waals surface area contributed by atoms with Gasteiger partial charge in [-0.3, -0.25) is 4.79 Å². The minimum absolute atomic E-state index is 0.264. The van der Waals surface area contributed by atoms with Crippen LogP contribution in [0.1, 0.15) is 35.5 Å². The van der Waals surface area contributed by atoms with Crippen LogP contribution >= 0.6 is 0 Å². The molecule has 1 amide bonds. The van der Waals surface area contributed by atoms with Gasteiger partial charge in [0.15, 0.2) is 0 Å². The molecule has 1 N–H and O–H groups in total. The number of hydrogen-bond acceptors (Lipinski definition) is 4. The van der Waals surface area contributed by atoms with Crippen LogP contribution in [0.5, 0.6) is 5.75 Å². The molecule has 150 valence electrons. The minimum atomic E-state index is -0.264. The summed E-state index contributed by atoms with van der Waals surface area (Å²) in [5.74, 6) is 0.356. The molecule has 0 atom stereocenters. The van der Waals surface area contributed by atoms with Gasteiger partial charge >= 0.3 is 0 Å². The third-order valence-corrected chi connectivity index (χ3v) is 4.73. The fraction of sp³-hybridized carbons (Fsp3) is 0.250. The van der Waals surface area contributed by atoms with Gasteiger partial charge in [-0.1, -0.05) is 36.4 Å². The Bertz CT molecular complexity index is 954. The predicted molar refractivity (Wildman–Crippen MR) is 118 cm³/mol. The number of carbonyl (C=O) groups is 1. The quantitative estimate of drug-likeness (QED) is 0.613. The van der Waals surface area contributed by atoms with Crippen molar-refractivity contribution in [3.63, 3.8) is 0 Å². The molecule has 2 aromatic carbocycles. The van der Waals surface area contributed by atoms with Crippen molar-refractivity contribution in [1.82, 2.24) is 4.98 Å². The SMILES string of the molecule is COc1ccc(C)cc1NC(=O)c1ccc(N(Cc2ccccc2)C(C)C)cn1. The molecule has 0 radical (unpaired) electrons. The lowest BCUT2D eigenvalue weighted by Crippen LogP contribution is -2.30. The molecule has 5 heteroatoms. The van der Waals surface area contributed by atoms with Gasteiger partial charge in [-0.2, -0.15) is 0 Å². The van der Waals surface area contributed by atoms with E-state index in [1.165, 1.54) is 5.56 Å². The van der Waals surface area contributed by atoms with E-state index in [9.17, 15) is 4.79 Å². The maximum Gasteiger partial charge on any atom is 0.274 e. The Morgan fingerprint density at radius 3 is 2.48 bits per heavy atom. The zero-order chi connectivity index (χ0) is 20.8. The van der Waals surface area contributed by atoms with Crippen molar-refractivity contribution in [2.75, 3.05) is 17.3 Å². The van der Waals surface area contributed by atoms with Gasteiger partial charge in [0.05, 0.1) is 24.7 Å². The number of ether oxygens (including phenoxy) is 1. The van der Waals surface area contributed by atoms with Crippen LogP contribution in [-0.4, -0.2) is 24.0 Å². The first kappa shape index (κ1) is 20.4. The molecule has 0 fully saturated rings. The van der Waals surface area contributed by atoms with E-state index in [2.05, 4.69) is 41.2 Å². The summed E-state index contributed by atoms with van der Waals surface area (Å²) in [7, 11) is 1.58. The standard InChI is InChI=1S/C24H27N3O2/c1-17(2)27(16-19-8-6-5-7-9-19)20-11-12-21(25-15-20)24(28)26-22-14-18(3)10-13-23(22)29-4/h5-15,17H,16H2,1-4H3,(H,26,28). The average molecular weight is 389 g/mol. The van der Waals surface area contributed by atoms with Gasteiger partial charge in [0.1, 0.15) is 11.4 Å². The molecule has 0 spiro atoms. The van der Waals surface area contributed by atoms with Crippen molar-refractivity contribution in [3.05, 3.63) is 83.7 Å². The van der Waals surface area contributed by atoms with Gasteiger partial charge in [-0.25, -0.2) is 4.98 Å². The number of pyridine rings is 1. The summed E-state index contributed by atoms with van der Waals surface area (Å²) in [6.45, 7) is 7.04. The molecule has 0 saturated carbocycles. The fourth-order valence-electron chi connectivity index (χ4n) is 3.15. The summed E-state index contributed by atoms with van der Waals surface area (Å²) in [5, 5.41) is 2.89. The molecule has 3 rings (SSSR count). The van der Waals surface area contributed by atoms with Gasteiger partial charge in [0, 0.05) is 12.6 Å². The molecular formula is C24H27N3O2. The second kappa shape index (κ2) is 9.24. The number of methoxy groups -OCH3 is 1. The van der Waals surface area contributed by atoms with Crippen LogP contribution in [0.4, 0.5) is 11.4 Å². The van der Waals surface area contributed by atoms with Crippen LogP contribution < -0.4 is 15.0 Å². The number of aromatic nitrogens is 1. The van der Waals surface area contributed by atoms with Crippen molar-refractivity contribution in [1.29, 1.82) is 0 Å². The zero-order valence-electron chi connectivity index (χ0n) is 17.3. The number of benzene rings is 2. The molecular weight excluding hydrogens is 362 g/mol. The van der Waals surface area contributed by atoms with E-state index in [-0.39, 0.29) is 5.91 Å². The topological polar surface area (TPSA) is 54.5 Å². The highest BCUT2D eigenvalue weighted by Gasteiger charge is 2.15. The summed E-state index contributed by atoms with van der Waals surface area (Å²) in [6.07, 6.45) is 1.76. The first-order chi connectivity index (χ1) is 14.0. The van der Waals surface area contributed by atoms with Crippen LogP contribution in [0.3, 0.4) is 0 Å². The number of nitrogens with zero attached hydrogens (tertiary/aromatic N) is 2. The van der Waals surface area contributed by atoms with Crippen LogP contribution in [-0.2, 0) is 6.54 Å². The summed E-state index contributed by atoms with van der Waals surface area (Å²) >= 11 is 0. The van der Waals surface area contributed by atoms with E-state index in [0.29, 0.717) is 23.2 Å². The summed E-state index contributed by atoms with van der Waals surface area (Å²) in [5.41, 5.74) is 4.25. The van der Waals surface area contributed by atoms with Gasteiger partial charge in [0.2, 0.25) is 0 Å². The Morgan fingerprint density at radius 1 is 1.10 bits per heavy atom. The van der Waals surface area contributed by atoms with E-state index in [1.54, 1.807) is 19.4 Å². The molecule has 0 saturated heterocycles. The third kappa shape index (κ3) is 5.13. The van der Waals surface area contributed by atoms with Gasteiger partial charge in [0.25, 0.3) is 5.91 Å². The van der Waals surface area contributed by atoms with Gasteiger partial charge in [-0.15, -0.1) is 0 Å². The zero-order valence-corrected chi connectivity index (χ0v) is 17.3. The lowest BCUT2D eigenvalue weighted by Gasteiger charge is -2.29. The van der Waals surface area contributed by atoms with Crippen molar-refractivity contribution < 1.29 is 9.53 Å². The number of carbonyl (C=O) groups excluding carboxylic acids is 1. The lowest BCUT2D eigenvalue weighted by atomic mass is 10.1. The van der Waals surface area contributed by atoms with E-state index in [1.807, 2.05) is 49.4 Å². The average Bonchev–Trinajstić information content (AvgIpc) is 2.73. The Morgan fingerprint density at radius 2 is 1.86 bits per heavy atom. The van der Waals surface area contributed by atoms with Crippen LogP contribution in [0.25, 0.3) is 0 Å².